The molecule has 2 aromatic carbocycles. The molecule has 0 atom stereocenters. The Bertz CT molecular complexity index is 711. The molecule has 2 aromatic rings. The number of amides is 2. The van der Waals surface area contributed by atoms with Gasteiger partial charge in [0.2, 0.25) is 11.8 Å². The van der Waals surface area contributed by atoms with Gasteiger partial charge in [0.05, 0.1) is 13.0 Å². The van der Waals surface area contributed by atoms with Gasteiger partial charge < -0.3 is 10.6 Å². The minimum atomic E-state index is -0.271. The monoisotopic (exact) mass is 330 g/mol. The lowest BCUT2D eigenvalue weighted by Gasteiger charge is -2.09. The summed E-state index contributed by atoms with van der Waals surface area (Å²) in [6.07, 6.45) is 0.257. The van der Waals surface area contributed by atoms with Gasteiger partial charge >= 0.3 is 0 Å². The van der Waals surface area contributed by atoms with Crippen molar-refractivity contribution in [1.82, 2.24) is 5.32 Å². The van der Waals surface area contributed by atoms with Crippen molar-refractivity contribution in [3.8, 4) is 0 Å². The van der Waals surface area contributed by atoms with Gasteiger partial charge in [-0.15, -0.1) is 0 Å². The van der Waals surface area contributed by atoms with E-state index in [1.807, 2.05) is 38.1 Å². The van der Waals surface area contributed by atoms with Crippen molar-refractivity contribution < 1.29 is 9.59 Å². The molecule has 5 heteroatoms. The summed E-state index contributed by atoms with van der Waals surface area (Å²) in [6.45, 7) is 3.79. The van der Waals surface area contributed by atoms with E-state index >= 15 is 0 Å². The number of aryl methyl sites for hydroxylation is 2. The van der Waals surface area contributed by atoms with Gasteiger partial charge in [-0.2, -0.15) is 0 Å². The number of halogens is 1. The molecule has 23 heavy (non-hydrogen) atoms. The maximum Gasteiger partial charge on any atom is 0.243 e. The average molecular weight is 331 g/mol. The predicted molar refractivity (Wildman–Crippen MR) is 92.7 cm³/mol. The van der Waals surface area contributed by atoms with Crippen molar-refractivity contribution in [2.24, 2.45) is 0 Å². The molecule has 2 rings (SSSR count). The molecule has 0 saturated heterocycles. The van der Waals surface area contributed by atoms with E-state index in [0.29, 0.717) is 10.7 Å². The van der Waals surface area contributed by atoms with E-state index in [0.717, 1.165) is 16.7 Å². The molecule has 0 fully saturated rings. The molecule has 0 aliphatic heterocycles. The third kappa shape index (κ3) is 5.42. The number of anilines is 1. The fourth-order valence-electron chi connectivity index (χ4n) is 2.09. The molecular formula is C18H19ClN2O2. The zero-order valence-electron chi connectivity index (χ0n) is 13.2. The summed E-state index contributed by atoms with van der Waals surface area (Å²) in [4.78, 5) is 23.7. The first kappa shape index (κ1) is 17.0. The lowest BCUT2D eigenvalue weighted by Crippen LogP contribution is -2.33. The number of rotatable bonds is 5. The minimum absolute atomic E-state index is 0.0627. The van der Waals surface area contributed by atoms with Crippen molar-refractivity contribution in [2.45, 2.75) is 20.3 Å². The lowest BCUT2D eigenvalue weighted by atomic mass is 10.1. The van der Waals surface area contributed by atoms with Crippen molar-refractivity contribution in [2.75, 3.05) is 11.9 Å². The van der Waals surface area contributed by atoms with Gasteiger partial charge in [0, 0.05) is 10.7 Å². The van der Waals surface area contributed by atoms with Gasteiger partial charge in [0.1, 0.15) is 0 Å². The van der Waals surface area contributed by atoms with Crippen LogP contribution in [0.25, 0.3) is 0 Å². The highest BCUT2D eigenvalue weighted by molar-refractivity contribution is 6.30. The second kappa shape index (κ2) is 7.79. The van der Waals surface area contributed by atoms with Gasteiger partial charge in [-0.3, -0.25) is 9.59 Å². The number of carbonyl (C=O) groups is 2. The molecule has 2 N–H and O–H groups in total. The molecule has 120 valence electrons. The van der Waals surface area contributed by atoms with Crippen LogP contribution in [0.4, 0.5) is 5.69 Å². The quantitative estimate of drug-likeness (QED) is 0.884. The smallest absolute Gasteiger partial charge is 0.243 e. The summed E-state index contributed by atoms with van der Waals surface area (Å²) in [5, 5.41) is 5.99. The Labute approximate surface area is 140 Å². The van der Waals surface area contributed by atoms with Gasteiger partial charge in [0.25, 0.3) is 0 Å². The predicted octanol–water partition coefficient (Wildman–Crippen LogP) is 3.25. The zero-order valence-corrected chi connectivity index (χ0v) is 13.9. The third-order valence-corrected chi connectivity index (χ3v) is 3.63. The Balaban J connectivity index is 1.81. The molecule has 4 nitrogen and oxygen atoms in total. The number of hydrogen-bond donors (Lipinski definition) is 2. The van der Waals surface area contributed by atoms with E-state index in [9.17, 15) is 9.59 Å². The van der Waals surface area contributed by atoms with Crippen LogP contribution in [0.15, 0.2) is 42.5 Å². The largest absolute Gasteiger partial charge is 0.347 e. The second-order valence-electron chi connectivity index (χ2n) is 5.45. The van der Waals surface area contributed by atoms with Crippen LogP contribution in [0.2, 0.25) is 5.02 Å². The summed E-state index contributed by atoms with van der Waals surface area (Å²) < 4.78 is 0. The maximum atomic E-state index is 11.9. The van der Waals surface area contributed by atoms with Gasteiger partial charge in [-0.05, 0) is 43.2 Å². The second-order valence-corrected chi connectivity index (χ2v) is 5.88. The van der Waals surface area contributed by atoms with Crippen LogP contribution in [0.3, 0.4) is 0 Å². The van der Waals surface area contributed by atoms with E-state index in [2.05, 4.69) is 10.6 Å². The summed E-state index contributed by atoms with van der Waals surface area (Å²) >= 11 is 5.87. The number of benzene rings is 2. The normalized spacial score (nSPS) is 10.2. The summed E-state index contributed by atoms with van der Waals surface area (Å²) in [6, 6.07) is 13.0. The number of hydrogen-bond acceptors (Lipinski definition) is 2. The van der Waals surface area contributed by atoms with Crippen LogP contribution in [0.5, 0.6) is 0 Å². The Morgan fingerprint density at radius 3 is 2.35 bits per heavy atom. The molecule has 0 aromatic heterocycles. The fourth-order valence-corrected chi connectivity index (χ4v) is 2.32. The molecule has 0 aliphatic carbocycles. The van der Waals surface area contributed by atoms with Crippen molar-refractivity contribution in [3.63, 3.8) is 0 Å². The average Bonchev–Trinajstić information content (AvgIpc) is 2.50. The summed E-state index contributed by atoms with van der Waals surface area (Å²) in [7, 11) is 0. The molecule has 0 bridgehead atoms. The Kier molecular flexibility index (Phi) is 5.77. The van der Waals surface area contributed by atoms with Crippen molar-refractivity contribution in [3.05, 3.63) is 64.2 Å². The first-order valence-corrected chi connectivity index (χ1v) is 7.70. The van der Waals surface area contributed by atoms with E-state index in [4.69, 9.17) is 11.6 Å². The van der Waals surface area contributed by atoms with Crippen molar-refractivity contribution in [1.29, 1.82) is 0 Å². The Morgan fingerprint density at radius 1 is 1.00 bits per heavy atom. The third-order valence-electron chi connectivity index (χ3n) is 3.39. The van der Waals surface area contributed by atoms with Gasteiger partial charge in [0.15, 0.2) is 0 Å². The van der Waals surface area contributed by atoms with Gasteiger partial charge in [-0.1, -0.05) is 41.4 Å². The molecule has 0 radical (unpaired) electrons. The fraction of sp³-hybridized carbons (Fsp3) is 0.222. The molecule has 0 aliphatic rings. The number of nitrogens with one attached hydrogen (secondary N) is 2. The first-order valence-electron chi connectivity index (χ1n) is 7.32. The lowest BCUT2D eigenvalue weighted by molar-refractivity contribution is -0.123. The van der Waals surface area contributed by atoms with E-state index in [1.54, 1.807) is 18.2 Å². The van der Waals surface area contributed by atoms with Crippen LogP contribution >= 0.6 is 11.6 Å². The molecule has 2 amide bonds. The van der Waals surface area contributed by atoms with E-state index in [-0.39, 0.29) is 24.8 Å². The number of carbonyl (C=O) groups excluding carboxylic acids is 2. The Morgan fingerprint density at radius 2 is 1.70 bits per heavy atom. The van der Waals surface area contributed by atoms with Crippen LogP contribution in [-0.4, -0.2) is 18.4 Å². The van der Waals surface area contributed by atoms with Crippen molar-refractivity contribution >= 4 is 29.1 Å². The van der Waals surface area contributed by atoms with Crippen LogP contribution in [0.1, 0.15) is 16.7 Å². The van der Waals surface area contributed by atoms with E-state index < -0.39 is 0 Å². The van der Waals surface area contributed by atoms with E-state index in [1.165, 1.54) is 0 Å². The summed E-state index contributed by atoms with van der Waals surface area (Å²) in [5.74, 6) is -0.454. The summed E-state index contributed by atoms with van der Waals surface area (Å²) in [5.41, 5.74) is 3.62. The minimum Gasteiger partial charge on any atom is -0.347 e. The molecule has 0 heterocycles. The van der Waals surface area contributed by atoms with Crippen LogP contribution in [-0.2, 0) is 16.0 Å². The molecule has 0 unspecified atom stereocenters. The topological polar surface area (TPSA) is 58.2 Å². The highest BCUT2D eigenvalue weighted by atomic mass is 35.5. The first-order chi connectivity index (χ1) is 10.9. The SMILES string of the molecule is Cc1ccc(CC(=O)NCC(=O)Nc2ccc(Cl)cc2C)cc1. The zero-order chi connectivity index (χ0) is 16.8. The highest BCUT2D eigenvalue weighted by Crippen LogP contribution is 2.19. The van der Waals surface area contributed by atoms with Crippen LogP contribution < -0.4 is 10.6 Å². The molecule has 0 spiro atoms. The molecule has 0 saturated carbocycles. The van der Waals surface area contributed by atoms with Crippen LogP contribution in [0, 0.1) is 13.8 Å². The Hall–Kier alpha value is -2.33. The highest BCUT2D eigenvalue weighted by Gasteiger charge is 2.08. The molecular weight excluding hydrogens is 312 g/mol. The van der Waals surface area contributed by atoms with Gasteiger partial charge in [-0.25, -0.2) is 0 Å². The maximum absolute atomic E-state index is 11.9. The standard InChI is InChI=1S/C18H19ClN2O2/c1-12-3-5-14(6-4-12)10-17(22)20-11-18(23)21-16-8-7-15(19)9-13(16)2/h3-9H,10-11H2,1-2H3,(H,20,22)(H,21,23).